The summed E-state index contributed by atoms with van der Waals surface area (Å²) in [6, 6.07) is 20.8. The van der Waals surface area contributed by atoms with Crippen molar-refractivity contribution in [2.24, 2.45) is 0 Å². The second kappa shape index (κ2) is 12.4. The lowest BCUT2D eigenvalue weighted by Crippen LogP contribution is -2.27. The molecule has 0 spiro atoms. The minimum Gasteiger partial charge on any atom is -0.490 e. The number of nitrogens with one attached hydrogen (secondary N) is 1. The molecule has 0 aliphatic heterocycles. The Morgan fingerprint density at radius 3 is 2.42 bits per heavy atom. The second-order valence-electron chi connectivity index (χ2n) is 8.14. The summed E-state index contributed by atoms with van der Waals surface area (Å²) >= 11 is 0. The summed E-state index contributed by atoms with van der Waals surface area (Å²) in [4.78, 5) is 37.4. The van der Waals surface area contributed by atoms with E-state index in [4.69, 9.17) is 18.6 Å². The molecule has 8 nitrogen and oxygen atoms in total. The molecule has 0 unspecified atom stereocenters. The Kier molecular flexibility index (Phi) is 8.56. The van der Waals surface area contributed by atoms with Gasteiger partial charge in [0.15, 0.2) is 11.5 Å². The minimum absolute atomic E-state index is 0.108. The minimum atomic E-state index is -0.785. The molecule has 4 aromatic rings. The van der Waals surface area contributed by atoms with Gasteiger partial charge in [-0.2, -0.15) is 0 Å². The molecule has 194 valence electrons. The van der Waals surface area contributed by atoms with Crippen LogP contribution in [0, 0.1) is 0 Å². The van der Waals surface area contributed by atoms with E-state index in [1.54, 1.807) is 36.4 Å². The maximum Gasteiger partial charge on any atom is 0.349 e. The molecule has 0 fully saturated rings. The number of carbonyl (C=O) groups excluding carboxylic acids is 2. The first-order valence-electron chi connectivity index (χ1n) is 12.2. The quantitative estimate of drug-likeness (QED) is 0.136. The van der Waals surface area contributed by atoms with Crippen molar-refractivity contribution in [1.82, 2.24) is 5.32 Å². The largest absolute Gasteiger partial charge is 0.490 e. The first-order valence-corrected chi connectivity index (χ1v) is 12.2. The summed E-state index contributed by atoms with van der Waals surface area (Å²) in [6.07, 6.45) is 2.88. The van der Waals surface area contributed by atoms with Gasteiger partial charge in [-0.25, -0.2) is 9.59 Å². The van der Waals surface area contributed by atoms with Crippen LogP contribution in [0.25, 0.3) is 17.0 Å². The van der Waals surface area contributed by atoms with Crippen LogP contribution in [0.3, 0.4) is 0 Å². The van der Waals surface area contributed by atoms with Gasteiger partial charge in [0.25, 0.3) is 5.91 Å². The number of esters is 1. The lowest BCUT2D eigenvalue weighted by Gasteiger charge is -2.11. The Balaban J connectivity index is 1.43. The number of fused-ring (bicyclic) bond motifs is 1. The summed E-state index contributed by atoms with van der Waals surface area (Å²) in [5.74, 6) is 0.256. The van der Waals surface area contributed by atoms with Crippen molar-refractivity contribution in [2.45, 2.75) is 20.4 Å². The first kappa shape index (κ1) is 26.2. The molecular formula is C30H27NO7. The molecule has 38 heavy (non-hydrogen) atoms. The van der Waals surface area contributed by atoms with E-state index < -0.39 is 17.5 Å². The van der Waals surface area contributed by atoms with E-state index in [9.17, 15) is 14.4 Å². The molecule has 0 atom stereocenters. The Labute approximate surface area is 219 Å². The fourth-order valence-corrected chi connectivity index (χ4v) is 3.67. The zero-order valence-corrected chi connectivity index (χ0v) is 21.1. The van der Waals surface area contributed by atoms with Crippen LogP contribution in [-0.4, -0.2) is 25.1 Å². The van der Waals surface area contributed by atoms with E-state index >= 15 is 0 Å². The van der Waals surface area contributed by atoms with Crippen molar-refractivity contribution < 1.29 is 28.2 Å². The van der Waals surface area contributed by atoms with Crippen molar-refractivity contribution >= 4 is 28.9 Å². The van der Waals surface area contributed by atoms with Gasteiger partial charge in [0.05, 0.1) is 13.2 Å². The predicted molar refractivity (Wildman–Crippen MR) is 144 cm³/mol. The Morgan fingerprint density at radius 1 is 0.895 bits per heavy atom. The van der Waals surface area contributed by atoms with Crippen molar-refractivity contribution in [2.75, 3.05) is 13.2 Å². The lowest BCUT2D eigenvalue weighted by atomic mass is 10.1. The normalized spacial score (nSPS) is 10.9. The fourth-order valence-electron chi connectivity index (χ4n) is 3.67. The molecular weight excluding hydrogens is 486 g/mol. The summed E-state index contributed by atoms with van der Waals surface area (Å²) < 4.78 is 21.9. The van der Waals surface area contributed by atoms with Crippen molar-refractivity contribution in [3.05, 3.63) is 106 Å². The van der Waals surface area contributed by atoms with Gasteiger partial charge in [-0.15, -0.1) is 0 Å². The number of amides is 1. The molecule has 0 bridgehead atoms. The predicted octanol–water partition coefficient (Wildman–Crippen LogP) is 5.14. The monoisotopic (exact) mass is 513 g/mol. The van der Waals surface area contributed by atoms with E-state index in [0.29, 0.717) is 30.1 Å². The molecule has 1 heterocycles. The summed E-state index contributed by atoms with van der Waals surface area (Å²) in [6.45, 7) is 5.04. The van der Waals surface area contributed by atoms with Crippen LogP contribution >= 0.6 is 0 Å². The number of rotatable bonds is 10. The highest BCUT2D eigenvalue weighted by Crippen LogP contribution is 2.29. The average molecular weight is 514 g/mol. The van der Waals surface area contributed by atoms with Crippen molar-refractivity contribution in [3.8, 4) is 17.2 Å². The summed E-state index contributed by atoms with van der Waals surface area (Å²) in [5.41, 5.74) is 0.937. The molecule has 0 saturated carbocycles. The fraction of sp³-hybridized carbons (Fsp3) is 0.167. The van der Waals surface area contributed by atoms with Gasteiger partial charge in [0.1, 0.15) is 16.9 Å². The van der Waals surface area contributed by atoms with Gasteiger partial charge in [0.2, 0.25) is 0 Å². The Hall–Kier alpha value is -4.85. The van der Waals surface area contributed by atoms with Gasteiger partial charge < -0.3 is 23.9 Å². The van der Waals surface area contributed by atoms with Crippen LogP contribution in [0.2, 0.25) is 0 Å². The van der Waals surface area contributed by atoms with E-state index in [-0.39, 0.29) is 23.4 Å². The Morgan fingerprint density at radius 2 is 1.66 bits per heavy atom. The van der Waals surface area contributed by atoms with Gasteiger partial charge in [-0.3, -0.25) is 4.79 Å². The average Bonchev–Trinajstić information content (AvgIpc) is 2.92. The van der Waals surface area contributed by atoms with Crippen LogP contribution in [0.4, 0.5) is 0 Å². The highest BCUT2D eigenvalue weighted by atomic mass is 16.5. The van der Waals surface area contributed by atoms with E-state index in [2.05, 4.69) is 5.32 Å². The lowest BCUT2D eigenvalue weighted by molar-refractivity contribution is -0.128. The van der Waals surface area contributed by atoms with Crippen LogP contribution in [-0.2, 0) is 11.3 Å². The van der Waals surface area contributed by atoms with Crippen LogP contribution in [0.5, 0.6) is 17.2 Å². The van der Waals surface area contributed by atoms with Gasteiger partial charge in [0, 0.05) is 24.1 Å². The third kappa shape index (κ3) is 6.67. The number of hydrogen-bond acceptors (Lipinski definition) is 7. The summed E-state index contributed by atoms with van der Waals surface area (Å²) in [7, 11) is 0. The molecule has 4 rings (SSSR count). The number of carbonyl (C=O) groups is 2. The molecule has 3 aromatic carbocycles. The highest BCUT2D eigenvalue weighted by molar-refractivity contribution is 5.97. The topological polar surface area (TPSA) is 104 Å². The van der Waals surface area contributed by atoms with E-state index in [1.165, 1.54) is 18.2 Å². The van der Waals surface area contributed by atoms with Crippen molar-refractivity contribution in [1.29, 1.82) is 0 Å². The highest BCUT2D eigenvalue weighted by Gasteiger charge is 2.14. The maximum atomic E-state index is 12.5. The van der Waals surface area contributed by atoms with Crippen LogP contribution in [0.15, 0.2) is 88.1 Å². The second-order valence-corrected chi connectivity index (χ2v) is 8.14. The molecule has 8 heteroatoms. The zero-order chi connectivity index (χ0) is 26.9. The Bertz CT molecular complexity index is 1520. The SMILES string of the molecule is CCOc1ccc(/C=C/C(=O)Oc2ccc3cc(C(=O)NCc4ccccc4)c(=O)oc3c2)cc1OCC. The molecule has 1 amide bonds. The van der Waals surface area contributed by atoms with Gasteiger partial charge in [-0.05, 0) is 61.4 Å². The number of ether oxygens (including phenoxy) is 3. The molecule has 0 aliphatic rings. The first-order chi connectivity index (χ1) is 18.5. The molecule has 0 saturated heterocycles. The third-order valence-corrected chi connectivity index (χ3v) is 5.45. The zero-order valence-electron chi connectivity index (χ0n) is 21.1. The molecule has 1 aromatic heterocycles. The van der Waals surface area contributed by atoms with Crippen molar-refractivity contribution in [3.63, 3.8) is 0 Å². The molecule has 0 radical (unpaired) electrons. The maximum absolute atomic E-state index is 12.5. The van der Waals surface area contributed by atoms with E-state index in [1.807, 2.05) is 44.2 Å². The van der Waals surface area contributed by atoms with Crippen LogP contribution in [0.1, 0.15) is 35.3 Å². The smallest absolute Gasteiger partial charge is 0.349 e. The third-order valence-electron chi connectivity index (χ3n) is 5.45. The van der Waals surface area contributed by atoms with Gasteiger partial charge in [-0.1, -0.05) is 36.4 Å². The number of hydrogen-bond donors (Lipinski definition) is 1. The number of benzene rings is 3. The molecule has 0 aliphatic carbocycles. The van der Waals surface area contributed by atoms with Gasteiger partial charge >= 0.3 is 11.6 Å². The molecule has 1 N–H and O–H groups in total. The van der Waals surface area contributed by atoms with E-state index in [0.717, 1.165) is 11.1 Å². The standard InChI is InChI=1S/C30H27NO7/c1-3-35-25-14-10-20(16-27(25)36-4-2)11-15-28(32)37-23-13-12-22-17-24(30(34)38-26(22)18-23)29(33)31-19-21-8-6-5-7-9-21/h5-18H,3-4,19H2,1-2H3,(H,31,33)/b15-11+. The summed E-state index contributed by atoms with van der Waals surface area (Å²) in [5, 5.41) is 3.23. The van der Waals surface area contributed by atoms with Crippen LogP contribution < -0.4 is 25.2 Å².